The molecule has 1 fully saturated rings. The molecule has 4 rings (SSSR count). The molecule has 0 N–H and O–H groups in total. The van der Waals surface area contributed by atoms with Gasteiger partial charge in [-0.15, -0.1) is 0 Å². The maximum atomic E-state index is 12.5. The smallest absolute Gasteiger partial charge is 0.225 e. The van der Waals surface area contributed by atoms with E-state index in [-0.39, 0.29) is 5.78 Å². The minimum Gasteiger partial charge on any atom is -0.378 e. The third-order valence-electron chi connectivity index (χ3n) is 4.08. The Morgan fingerprint density at radius 2 is 1.96 bits per heavy atom. The van der Waals surface area contributed by atoms with Crippen LogP contribution in [-0.2, 0) is 4.74 Å². The van der Waals surface area contributed by atoms with E-state index >= 15 is 0 Å². The third kappa shape index (κ3) is 2.95. The number of fused-ring (bicyclic) bond motifs is 1. The number of ether oxygens (including phenoxy) is 1. The second-order valence-corrected chi connectivity index (χ2v) is 6.94. The largest absolute Gasteiger partial charge is 0.378 e. The lowest BCUT2D eigenvalue weighted by atomic mass is 10.1. The number of thioether (sulfide) groups is 1. The maximum Gasteiger partial charge on any atom is 0.225 e. The summed E-state index contributed by atoms with van der Waals surface area (Å²) >= 11 is 1.51. The summed E-state index contributed by atoms with van der Waals surface area (Å²) in [6.07, 6.45) is 5.41. The van der Waals surface area contributed by atoms with E-state index in [9.17, 15) is 4.79 Å². The number of hydrogen-bond acceptors (Lipinski definition) is 6. The van der Waals surface area contributed by atoms with E-state index in [2.05, 4.69) is 20.9 Å². The molecule has 2 aromatic rings. The lowest BCUT2D eigenvalue weighted by Gasteiger charge is -2.26. The standard InChI is InChI=1S/C18H17N3O2S/c1-12-2-3-14-15(8-12)24-16(17(14)22)9-13-10-19-18(20-11-13)21-4-6-23-7-5-21/h2-3,8-11H,4-7H2,1H3. The van der Waals surface area contributed by atoms with Gasteiger partial charge in [0.05, 0.1) is 18.1 Å². The molecule has 0 spiro atoms. The maximum absolute atomic E-state index is 12.5. The molecule has 5 nitrogen and oxygen atoms in total. The van der Waals surface area contributed by atoms with E-state index < -0.39 is 0 Å². The van der Waals surface area contributed by atoms with E-state index in [0.717, 1.165) is 39.6 Å². The first kappa shape index (κ1) is 15.4. The van der Waals surface area contributed by atoms with Crippen LogP contribution in [0.1, 0.15) is 21.5 Å². The van der Waals surface area contributed by atoms with Gasteiger partial charge in [0.15, 0.2) is 0 Å². The minimum atomic E-state index is 0.0762. The van der Waals surface area contributed by atoms with Gasteiger partial charge < -0.3 is 9.64 Å². The summed E-state index contributed by atoms with van der Waals surface area (Å²) < 4.78 is 5.34. The Bertz CT molecular complexity index is 812. The Kier molecular flexibility index (Phi) is 4.08. The zero-order valence-corrected chi connectivity index (χ0v) is 14.2. The number of Topliss-reactive ketones (excluding diaryl/α,β-unsaturated/α-hetero) is 1. The number of anilines is 1. The molecule has 0 aliphatic carbocycles. The molecular weight excluding hydrogens is 322 g/mol. The van der Waals surface area contributed by atoms with Crippen LogP contribution in [0.3, 0.4) is 0 Å². The van der Waals surface area contributed by atoms with Gasteiger partial charge in [0.1, 0.15) is 0 Å². The lowest BCUT2D eigenvalue weighted by Crippen LogP contribution is -2.37. The fourth-order valence-electron chi connectivity index (χ4n) is 2.78. The van der Waals surface area contributed by atoms with Crippen molar-refractivity contribution < 1.29 is 9.53 Å². The summed E-state index contributed by atoms with van der Waals surface area (Å²) in [6, 6.07) is 5.93. The number of ketones is 1. The molecule has 0 amide bonds. The topological polar surface area (TPSA) is 55.3 Å². The van der Waals surface area contributed by atoms with Gasteiger partial charge in [0.2, 0.25) is 11.7 Å². The average Bonchev–Trinajstić information content (AvgIpc) is 2.91. The van der Waals surface area contributed by atoms with Crippen molar-refractivity contribution in [2.45, 2.75) is 11.8 Å². The molecule has 1 aromatic heterocycles. The van der Waals surface area contributed by atoms with Crippen molar-refractivity contribution in [1.82, 2.24) is 9.97 Å². The van der Waals surface area contributed by atoms with E-state index in [0.29, 0.717) is 19.2 Å². The van der Waals surface area contributed by atoms with Crippen LogP contribution in [0, 0.1) is 6.92 Å². The molecule has 0 saturated carbocycles. The van der Waals surface area contributed by atoms with Gasteiger partial charge >= 0.3 is 0 Å². The zero-order chi connectivity index (χ0) is 16.5. The van der Waals surface area contributed by atoms with Gasteiger partial charge in [-0.3, -0.25) is 4.79 Å². The third-order valence-corrected chi connectivity index (χ3v) is 5.16. The van der Waals surface area contributed by atoms with Crippen LogP contribution in [0.15, 0.2) is 40.4 Å². The number of hydrogen-bond donors (Lipinski definition) is 0. The average molecular weight is 339 g/mol. The molecule has 1 aromatic carbocycles. The highest BCUT2D eigenvalue weighted by Crippen LogP contribution is 2.41. The van der Waals surface area contributed by atoms with Crippen LogP contribution < -0.4 is 4.90 Å². The SMILES string of the molecule is Cc1ccc2c(c1)SC(=Cc1cnc(N3CCOCC3)nc1)C2=O. The van der Waals surface area contributed by atoms with E-state index in [4.69, 9.17) is 4.74 Å². The number of carbonyl (C=O) groups excluding carboxylic acids is 1. The molecule has 2 aliphatic rings. The molecule has 0 unspecified atom stereocenters. The summed E-state index contributed by atoms with van der Waals surface area (Å²) in [7, 11) is 0. The molecule has 3 heterocycles. The highest BCUT2D eigenvalue weighted by atomic mass is 32.2. The molecule has 2 aliphatic heterocycles. The van der Waals surface area contributed by atoms with Crippen LogP contribution in [-0.4, -0.2) is 42.1 Å². The summed E-state index contributed by atoms with van der Waals surface area (Å²) in [6.45, 7) is 5.06. The zero-order valence-electron chi connectivity index (χ0n) is 13.4. The van der Waals surface area contributed by atoms with E-state index in [1.165, 1.54) is 11.8 Å². The van der Waals surface area contributed by atoms with Gasteiger partial charge in [0.25, 0.3) is 0 Å². The normalized spacial score (nSPS) is 19.0. The van der Waals surface area contributed by atoms with Crippen LogP contribution in [0.2, 0.25) is 0 Å². The number of allylic oxidation sites excluding steroid dienone is 1. The summed E-state index contributed by atoms with van der Waals surface area (Å²) in [5, 5.41) is 0. The number of benzene rings is 1. The molecule has 6 heteroatoms. The Hall–Kier alpha value is -2.18. The Labute approximate surface area is 144 Å². The first-order chi connectivity index (χ1) is 11.7. The van der Waals surface area contributed by atoms with E-state index in [1.807, 2.05) is 25.1 Å². The summed E-state index contributed by atoms with van der Waals surface area (Å²) in [5.74, 6) is 0.789. The van der Waals surface area contributed by atoms with Crippen molar-refractivity contribution in [2.75, 3.05) is 31.2 Å². The highest BCUT2D eigenvalue weighted by Gasteiger charge is 2.25. The van der Waals surface area contributed by atoms with Crippen LogP contribution >= 0.6 is 11.8 Å². The number of aryl methyl sites for hydroxylation is 1. The van der Waals surface area contributed by atoms with Crippen LogP contribution in [0.5, 0.6) is 0 Å². The molecule has 0 bridgehead atoms. The van der Waals surface area contributed by atoms with Gasteiger partial charge in [-0.25, -0.2) is 9.97 Å². The number of morpholine rings is 1. The fraction of sp³-hybridized carbons (Fsp3) is 0.278. The summed E-state index contributed by atoms with van der Waals surface area (Å²) in [5.41, 5.74) is 2.78. The first-order valence-corrected chi connectivity index (χ1v) is 8.72. The number of aromatic nitrogens is 2. The Balaban J connectivity index is 1.55. The quantitative estimate of drug-likeness (QED) is 0.784. The van der Waals surface area contributed by atoms with Crippen molar-refractivity contribution in [1.29, 1.82) is 0 Å². The van der Waals surface area contributed by atoms with E-state index in [1.54, 1.807) is 12.4 Å². The minimum absolute atomic E-state index is 0.0762. The number of nitrogens with zero attached hydrogens (tertiary/aromatic N) is 3. The van der Waals surface area contributed by atoms with Crippen molar-refractivity contribution in [3.05, 3.63) is 52.2 Å². The van der Waals surface area contributed by atoms with Gasteiger partial charge in [-0.2, -0.15) is 0 Å². The van der Waals surface area contributed by atoms with Gasteiger partial charge in [-0.05, 0) is 30.7 Å². The van der Waals surface area contributed by atoms with Gasteiger partial charge in [-0.1, -0.05) is 17.8 Å². The first-order valence-electron chi connectivity index (χ1n) is 7.90. The van der Waals surface area contributed by atoms with Crippen molar-refractivity contribution in [2.24, 2.45) is 0 Å². The predicted octanol–water partition coefficient (Wildman–Crippen LogP) is 2.95. The van der Waals surface area contributed by atoms with Crippen molar-refractivity contribution in [3.8, 4) is 0 Å². The Morgan fingerprint density at radius 1 is 1.21 bits per heavy atom. The number of rotatable bonds is 2. The number of carbonyl (C=O) groups is 1. The second kappa shape index (κ2) is 6.37. The van der Waals surface area contributed by atoms with Gasteiger partial charge in [0, 0.05) is 41.5 Å². The second-order valence-electron chi connectivity index (χ2n) is 5.86. The summed E-state index contributed by atoms with van der Waals surface area (Å²) in [4.78, 5) is 25.2. The van der Waals surface area contributed by atoms with Crippen molar-refractivity contribution >= 4 is 29.6 Å². The van der Waals surface area contributed by atoms with Crippen molar-refractivity contribution in [3.63, 3.8) is 0 Å². The fourth-order valence-corrected chi connectivity index (χ4v) is 3.93. The molecular formula is C18H17N3O2S. The molecule has 24 heavy (non-hydrogen) atoms. The molecule has 0 radical (unpaired) electrons. The molecule has 0 atom stereocenters. The highest BCUT2D eigenvalue weighted by molar-refractivity contribution is 8.04. The predicted molar refractivity (Wildman–Crippen MR) is 94.4 cm³/mol. The molecule has 122 valence electrons. The Morgan fingerprint density at radius 3 is 2.71 bits per heavy atom. The monoisotopic (exact) mass is 339 g/mol. The van der Waals surface area contributed by atoms with Crippen LogP contribution in [0.25, 0.3) is 6.08 Å². The lowest BCUT2D eigenvalue weighted by molar-refractivity contribution is 0.104. The molecule has 1 saturated heterocycles. The van der Waals surface area contributed by atoms with Crippen LogP contribution in [0.4, 0.5) is 5.95 Å².